The number of rotatable bonds is 5. The van der Waals surface area contributed by atoms with E-state index in [1.54, 1.807) is 36.4 Å². The molecule has 29 heavy (non-hydrogen) atoms. The van der Waals surface area contributed by atoms with Crippen molar-refractivity contribution in [3.05, 3.63) is 75.7 Å². The highest BCUT2D eigenvalue weighted by atomic mass is 35.5. The summed E-state index contributed by atoms with van der Waals surface area (Å²) >= 11 is 19.9. The van der Waals surface area contributed by atoms with Crippen LogP contribution in [0.5, 0.6) is 5.75 Å². The van der Waals surface area contributed by atoms with E-state index in [1.807, 2.05) is 24.3 Å². The van der Waals surface area contributed by atoms with Gasteiger partial charge in [-0.05, 0) is 48.5 Å². The van der Waals surface area contributed by atoms with Crippen molar-refractivity contribution in [2.24, 2.45) is 0 Å². The van der Waals surface area contributed by atoms with Gasteiger partial charge in [0.15, 0.2) is 6.61 Å². The van der Waals surface area contributed by atoms with E-state index >= 15 is 0 Å². The summed E-state index contributed by atoms with van der Waals surface area (Å²) in [6.07, 6.45) is 0. The number of carbonyl (C=O) groups excluding carboxylic acids is 1. The first-order chi connectivity index (χ1) is 14.0. The summed E-state index contributed by atoms with van der Waals surface area (Å²) in [6, 6.07) is 17.9. The van der Waals surface area contributed by atoms with Crippen LogP contribution in [-0.4, -0.2) is 17.5 Å². The summed E-state index contributed by atoms with van der Waals surface area (Å²) in [7, 11) is 0. The minimum Gasteiger partial charge on any atom is -0.484 e. The highest BCUT2D eigenvalue weighted by Crippen LogP contribution is 2.40. The molecule has 4 rings (SSSR count). The molecular formula is C21H13Cl3N2O2S. The quantitative estimate of drug-likeness (QED) is 0.349. The van der Waals surface area contributed by atoms with Crippen molar-refractivity contribution in [2.75, 3.05) is 11.9 Å². The van der Waals surface area contributed by atoms with Crippen molar-refractivity contribution in [3.63, 3.8) is 0 Å². The molecule has 0 aliphatic rings. The zero-order valence-electron chi connectivity index (χ0n) is 14.8. The van der Waals surface area contributed by atoms with Gasteiger partial charge in [-0.15, -0.1) is 11.3 Å². The summed E-state index contributed by atoms with van der Waals surface area (Å²) in [6.45, 7) is -0.181. The number of thiazole rings is 1. The molecule has 0 spiro atoms. The SMILES string of the molecule is O=C(COc1ccc(Cl)cc1)Nc1c(Cl)cc(Cl)cc1-c1nc2ccccc2s1. The second-order valence-electron chi connectivity index (χ2n) is 6.09. The minimum atomic E-state index is -0.355. The number of nitrogens with zero attached hydrogens (tertiary/aromatic N) is 1. The lowest BCUT2D eigenvalue weighted by Crippen LogP contribution is -2.20. The lowest BCUT2D eigenvalue weighted by Gasteiger charge is -2.13. The van der Waals surface area contributed by atoms with Crippen molar-refractivity contribution in [3.8, 4) is 16.3 Å². The third-order valence-electron chi connectivity index (χ3n) is 4.03. The summed E-state index contributed by atoms with van der Waals surface area (Å²) in [5.74, 6) is 0.185. The Morgan fingerprint density at radius 2 is 1.76 bits per heavy atom. The number of benzene rings is 3. The van der Waals surface area contributed by atoms with E-state index in [4.69, 9.17) is 39.5 Å². The molecule has 0 atom stereocenters. The molecule has 1 heterocycles. The fourth-order valence-electron chi connectivity index (χ4n) is 2.71. The van der Waals surface area contributed by atoms with E-state index < -0.39 is 0 Å². The van der Waals surface area contributed by atoms with Crippen LogP contribution in [0.3, 0.4) is 0 Å². The van der Waals surface area contributed by atoms with Crippen LogP contribution in [0.4, 0.5) is 5.69 Å². The van der Waals surface area contributed by atoms with E-state index in [0.717, 1.165) is 10.2 Å². The Morgan fingerprint density at radius 3 is 2.52 bits per heavy atom. The first-order valence-corrected chi connectivity index (χ1v) is 10.5. The average molecular weight is 464 g/mol. The second-order valence-corrected chi connectivity index (χ2v) is 8.40. The average Bonchev–Trinajstić information content (AvgIpc) is 3.13. The van der Waals surface area contributed by atoms with Gasteiger partial charge in [-0.2, -0.15) is 0 Å². The van der Waals surface area contributed by atoms with Crippen LogP contribution in [0, 0.1) is 0 Å². The molecule has 1 aromatic heterocycles. The van der Waals surface area contributed by atoms with Gasteiger partial charge < -0.3 is 10.1 Å². The van der Waals surface area contributed by atoms with Gasteiger partial charge in [0, 0.05) is 15.6 Å². The molecule has 1 N–H and O–H groups in total. The van der Waals surface area contributed by atoms with Crippen molar-refractivity contribution in [1.82, 2.24) is 4.98 Å². The van der Waals surface area contributed by atoms with Crippen molar-refractivity contribution in [1.29, 1.82) is 0 Å². The van der Waals surface area contributed by atoms with E-state index in [1.165, 1.54) is 11.3 Å². The van der Waals surface area contributed by atoms with Gasteiger partial charge in [-0.1, -0.05) is 46.9 Å². The smallest absolute Gasteiger partial charge is 0.262 e. The Kier molecular flexibility index (Phi) is 5.92. The zero-order valence-corrected chi connectivity index (χ0v) is 17.9. The lowest BCUT2D eigenvalue weighted by atomic mass is 10.2. The van der Waals surface area contributed by atoms with Gasteiger partial charge in [0.25, 0.3) is 5.91 Å². The van der Waals surface area contributed by atoms with Crippen molar-refractivity contribution >= 4 is 68.0 Å². The Bertz CT molecular complexity index is 1160. The normalized spacial score (nSPS) is 10.9. The Hall–Kier alpha value is -2.31. The molecule has 0 fully saturated rings. The number of para-hydroxylation sites is 1. The number of carbonyl (C=O) groups is 1. The second kappa shape index (κ2) is 8.59. The number of nitrogens with one attached hydrogen (secondary N) is 1. The maximum atomic E-state index is 12.5. The number of hydrogen-bond acceptors (Lipinski definition) is 4. The van der Waals surface area contributed by atoms with E-state index in [0.29, 0.717) is 37.1 Å². The van der Waals surface area contributed by atoms with Gasteiger partial charge in [0.05, 0.1) is 20.9 Å². The number of anilines is 1. The fraction of sp³-hybridized carbons (Fsp3) is 0.0476. The molecule has 3 aromatic carbocycles. The largest absolute Gasteiger partial charge is 0.484 e. The first kappa shape index (κ1) is 20.0. The van der Waals surface area contributed by atoms with Crippen LogP contribution < -0.4 is 10.1 Å². The third kappa shape index (κ3) is 4.65. The molecule has 0 unspecified atom stereocenters. The van der Waals surface area contributed by atoms with E-state index in [-0.39, 0.29) is 12.5 Å². The van der Waals surface area contributed by atoms with Crippen LogP contribution in [0.2, 0.25) is 15.1 Å². The zero-order chi connectivity index (χ0) is 20.4. The number of aromatic nitrogens is 1. The topological polar surface area (TPSA) is 51.2 Å². The monoisotopic (exact) mass is 462 g/mol. The number of hydrogen-bond donors (Lipinski definition) is 1. The van der Waals surface area contributed by atoms with E-state index in [9.17, 15) is 4.79 Å². The number of halogens is 3. The fourth-order valence-corrected chi connectivity index (χ4v) is 4.37. The van der Waals surface area contributed by atoms with Crippen LogP contribution >= 0.6 is 46.1 Å². The van der Waals surface area contributed by atoms with Crippen molar-refractivity contribution < 1.29 is 9.53 Å². The van der Waals surface area contributed by atoms with Gasteiger partial charge in [-0.25, -0.2) is 4.98 Å². The summed E-state index contributed by atoms with van der Waals surface area (Å²) in [4.78, 5) is 17.1. The molecule has 0 saturated carbocycles. The number of fused-ring (bicyclic) bond motifs is 1. The molecule has 0 bridgehead atoms. The predicted octanol–water partition coefficient (Wildman–Crippen LogP) is 6.94. The van der Waals surface area contributed by atoms with Crippen LogP contribution in [0.15, 0.2) is 60.7 Å². The van der Waals surface area contributed by atoms with Gasteiger partial charge in [0.1, 0.15) is 10.8 Å². The minimum absolute atomic E-state index is 0.181. The van der Waals surface area contributed by atoms with E-state index in [2.05, 4.69) is 10.3 Å². The summed E-state index contributed by atoms with van der Waals surface area (Å²) < 4.78 is 6.53. The Labute approximate surface area is 186 Å². The highest BCUT2D eigenvalue weighted by molar-refractivity contribution is 7.21. The Morgan fingerprint density at radius 1 is 1.00 bits per heavy atom. The standard InChI is InChI=1S/C21H13Cl3N2O2S/c22-12-5-7-14(8-6-12)28-11-19(27)26-20-15(9-13(23)10-16(20)24)21-25-17-3-1-2-4-18(17)29-21/h1-10H,11H2,(H,26,27). The lowest BCUT2D eigenvalue weighted by molar-refractivity contribution is -0.118. The predicted molar refractivity (Wildman–Crippen MR) is 121 cm³/mol. The molecule has 0 aliphatic heterocycles. The molecule has 0 saturated heterocycles. The molecule has 4 aromatic rings. The molecule has 0 radical (unpaired) electrons. The first-order valence-electron chi connectivity index (χ1n) is 8.53. The maximum Gasteiger partial charge on any atom is 0.262 e. The molecule has 1 amide bonds. The maximum absolute atomic E-state index is 12.5. The molecule has 146 valence electrons. The summed E-state index contributed by atoms with van der Waals surface area (Å²) in [5, 5.41) is 4.91. The van der Waals surface area contributed by atoms with Crippen LogP contribution in [0.1, 0.15) is 0 Å². The third-order valence-corrected chi connectivity index (χ3v) is 5.87. The van der Waals surface area contributed by atoms with Gasteiger partial charge >= 0.3 is 0 Å². The highest BCUT2D eigenvalue weighted by Gasteiger charge is 2.17. The number of amides is 1. The number of ether oxygens (including phenoxy) is 1. The van der Waals surface area contributed by atoms with Crippen molar-refractivity contribution in [2.45, 2.75) is 0 Å². The van der Waals surface area contributed by atoms with Gasteiger partial charge in [-0.3, -0.25) is 4.79 Å². The molecular weight excluding hydrogens is 451 g/mol. The summed E-state index contributed by atoms with van der Waals surface area (Å²) in [5.41, 5.74) is 1.97. The Balaban J connectivity index is 1.59. The van der Waals surface area contributed by atoms with Gasteiger partial charge in [0.2, 0.25) is 0 Å². The van der Waals surface area contributed by atoms with Crippen LogP contribution in [-0.2, 0) is 4.79 Å². The molecule has 0 aliphatic carbocycles. The van der Waals surface area contributed by atoms with Crippen LogP contribution in [0.25, 0.3) is 20.8 Å². The molecule has 4 nitrogen and oxygen atoms in total. The molecule has 8 heteroatoms.